The van der Waals surface area contributed by atoms with Gasteiger partial charge < -0.3 is 0 Å². The molecule has 1 heterocycles. The van der Waals surface area contributed by atoms with Crippen LogP contribution in [0.4, 0.5) is 5.69 Å². The van der Waals surface area contributed by atoms with E-state index in [-0.39, 0.29) is 11.6 Å². The molecule has 0 unspecified atom stereocenters. The summed E-state index contributed by atoms with van der Waals surface area (Å²) in [4.78, 5) is 27.2. The number of nitro benzene ring substituents is 1. The normalized spacial score (nSPS) is 11.0. The van der Waals surface area contributed by atoms with E-state index in [1.54, 1.807) is 25.1 Å². The molecule has 0 bridgehead atoms. The molecule has 26 heavy (non-hydrogen) atoms. The van der Waals surface area contributed by atoms with Crippen LogP contribution in [0.15, 0.2) is 53.6 Å². The van der Waals surface area contributed by atoms with Gasteiger partial charge in [-0.15, -0.1) is 0 Å². The quantitative estimate of drug-likeness (QED) is 0.443. The molecule has 0 radical (unpaired) electrons. The van der Waals surface area contributed by atoms with E-state index in [1.165, 1.54) is 18.3 Å². The minimum Gasteiger partial charge on any atom is -0.267 e. The van der Waals surface area contributed by atoms with E-state index in [0.29, 0.717) is 16.8 Å². The molecule has 1 amide bonds. The second-order valence-electron chi connectivity index (χ2n) is 5.82. The van der Waals surface area contributed by atoms with Gasteiger partial charge in [-0.2, -0.15) is 5.10 Å². The lowest BCUT2D eigenvalue weighted by atomic mass is 10.1. The highest BCUT2D eigenvalue weighted by atomic mass is 16.6. The van der Waals surface area contributed by atoms with Gasteiger partial charge in [0, 0.05) is 23.1 Å². The zero-order valence-electron chi connectivity index (χ0n) is 14.3. The number of benzene rings is 2. The molecule has 130 valence electrons. The summed E-state index contributed by atoms with van der Waals surface area (Å²) in [5.74, 6) is -0.389. The largest absolute Gasteiger partial charge is 0.273 e. The zero-order valence-corrected chi connectivity index (χ0v) is 14.3. The molecule has 0 aliphatic heterocycles. The number of nitro groups is 1. The van der Waals surface area contributed by atoms with E-state index in [1.807, 2.05) is 25.1 Å². The maximum atomic E-state index is 12.4. The molecule has 0 fully saturated rings. The van der Waals surface area contributed by atoms with Gasteiger partial charge >= 0.3 is 0 Å². The molecule has 0 saturated heterocycles. The number of nitrogens with one attached hydrogen (secondary N) is 1. The number of pyridine rings is 1. The lowest BCUT2D eigenvalue weighted by Crippen LogP contribution is -2.19. The molecule has 0 aliphatic rings. The fourth-order valence-electron chi connectivity index (χ4n) is 2.61. The van der Waals surface area contributed by atoms with Crippen LogP contribution < -0.4 is 5.43 Å². The maximum absolute atomic E-state index is 12.4. The number of hydrazone groups is 1. The van der Waals surface area contributed by atoms with Crippen LogP contribution in [0, 0.1) is 24.0 Å². The first-order valence-electron chi connectivity index (χ1n) is 7.90. The topological polar surface area (TPSA) is 97.5 Å². The third-order valence-corrected chi connectivity index (χ3v) is 3.94. The van der Waals surface area contributed by atoms with Gasteiger partial charge in [-0.25, -0.2) is 5.43 Å². The summed E-state index contributed by atoms with van der Waals surface area (Å²) in [6, 6.07) is 13.5. The predicted molar refractivity (Wildman–Crippen MR) is 99.4 cm³/mol. The monoisotopic (exact) mass is 348 g/mol. The molecule has 0 aliphatic carbocycles. The van der Waals surface area contributed by atoms with Crippen LogP contribution in [0.3, 0.4) is 0 Å². The zero-order chi connectivity index (χ0) is 18.7. The summed E-state index contributed by atoms with van der Waals surface area (Å²) in [5, 5.41) is 15.5. The first-order chi connectivity index (χ1) is 12.5. The smallest absolute Gasteiger partial charge is 0.267 e. The number of amides is 1. The van der Waals surface area contributed by atoms with Crippen molar-refractivity contribution in [1.82, 2.24) is 10.4 Å². The maximum Gasteiger partial charge on any atom is 0.273 e. The van der Waals surface area contributed by atoms with Gasteiger partial charge in [0.2, 0.25) is 0 Å². The summed E-state index contributed by atoms with van der Waals surface area (Å²) in [7, 11) is 0. The number of carbonyl (C=O) groups excluding carboxylic acids is 1. The van der Waals surface area contributed by atoms with Gasteiger partial charge in [0.05, 0.1) is 27.9 Å². The van der Waals surface area contributed by atoms with E-state index >= 15 is 0 Å². The van der Waals surface area contributed by atoms with E-state index in [0.717, 1.165) is 16.5 Å². The van der Waals surface area contributed by atoms with Crippen LogP contribution in [0.25, 0.3) is 10.9 Å². The van der Waals surface area contributed by atoms with Gasteiger partial charge in [-0.3, -0.25) is 19.9 Å². The average molecular weight is 348 g/mol. The number of aromatic nitrogens is 1. The molecule has 0 atom stereocenters. The Labute approximate surface area is 149 Å². The lowest BCUT2D eigenvalue weighted by molar-refractivity contribution is -0.384. The van der Waals surface area contributed by atoms with Crippen LogP contribution in [0.2, 0.25) is 0 Å². The van der Waals surface area contributed by atoms with Crippen molar-refractivity contribution in [1.29, 1.82) is 0 Å². The second-order valence-corrected chi connectivity index (χ2v) is 5.82. The fraction of sp³-hybridized carbons (Fsp3) is 0.105. The molecule has 0 saturated carbocycles. The minimum atomic E-state index is -0.484. The van der Waals surface area contributed by atoms with Crippen molar-refractivity contribution in [2.75, 3.05) is 0 Å². The lowest BCUT2D eigenvalue weighted by Gasteiger charge is -2.07. The van der Waals surface area contributed by atoms with Gasteiger partial charge in [-0.05, 0) is 25.5 Å². The first kappa shape index (κ1) is 17.2. The predicted octanol–water partition coefficient (Wildman–Crippen LogP) is 3.52. The summed E-state index contributed by atoms with van der Waals surface area (Å²) >= 11 is 0. The van der Waals surface area contributed by atoms with Crippen molar-refractivity contribution in [3.05, 3.63) is 81.0 Å². The third kappa shape index (κ3) is 3.56. The Morgan fingerprint density at radius 2 is 1.96 bits per heavy atom. The van der Waals surface area contributed by atoms with Gasteiger partial charge in [0.15, 0.2) is 0 Å². The Balaban J connectivity index is 1.80. The average Bonchev–Trinajstić information content (AvgIpc) is 2.62. The minimum absolute atomic E-state index is 0.0368. The number of hydrogen-bond donors (Lipinski definition) is 1. The molecule has 3 rings (SSSR count). The molecule has 0 spiro atoms. The molecule has 7 heteroatoms. The van der Waals surface area contributed by atoms with Crippen molar-refractivity contribution in [3.8, 4) is 0 Å². The summed E-state index contributed by atoms with van der Waals surface area (Å²) in [5.41, 5.74) is 5.86. The van der Waals surface area contributed by atoms with Crippen molar-refractivity contribution in [2.45, 2.75) is 13.8 Å². The number of non-ortho nitro benzene ring substituents is 1. The third-order valence-electron chi connectivity index (χ3n) is 3.94. The number of rotatable bonds is 4. The van der Waals surface area contributed by atoms with Crippen molar-refractivity contribution in [3.63, 3.8) is 0 Å². The number of aryl methyl sites for hydroxylation is 2. The number of nitrogens with zero attached hydrogens (tertiary/aromatic N) is 3. The Morgan fingerprint density at radius 1 is 1.19 bits per heavy atom. The molecular formula is C19H16N4O3. The van der Waals surface area contributed by atoms with Gasteiger partial charge in [-0.1, -0.05) is 30.3 Å². The highest BCUT2D eigenvalue weighted by Crippen LogP contribution is 2.19. The van der Waals surface area contributed by atoms with Crippen LogP contribution in [0.1, 0.15) is 27.2 Å². The van der Waals surface area contributed by atoms with Gasteiger partial charge in [0.1, 0.15) is 0 Å². The summed E-state index contributed by atoms with van der Waals surface area (Å²) in [6.45, 7) is 3.74. The SMILES string of the molecule is Cc1nc2c(C)cccc2cc1C(=O)N/N=C\c1cccc([N+](=O)[O-])c1. The number of fused-ring (bicyclic) bond motifs is 1. The Hall–Kier alpha value is -3.61. The summed E-state index contributed by atoms with van der Waals surface area (Å²) in [6.07, 6.45) is 1.36. The molecule has 1 N–H and O–H groups in total. The van der Waals surface area contributed by atoms with Crippen molar-refractivity contribution < 1.29 is 9.72 Å². The highest BCUT2D eigenvalue weighted by Gasteiger charge is 2.12. The number of para-hydroxylation sites is 1. The van der Waals surface area contributed by atoms with Crippen LogP contribution in [-0.2, 0) is 0 Å². The van der Waals surface area contributed by atoms with Crippen LogP contribution in [0.5, 0.6) is 0 Å². The van der Waals surface area contributed by atoms with E-state index in [4.69, 9.17) is 0 Å². The summed E-state index contributed by atoms with van der Waals surface area (Å²) < 4.78 is 0. The van der Waals surface area contributed by atoms with Gasteiger partial charge in [0.25, 0.3) is 11.6 Å². The highest BCUT2D eigenvalue weighted by molar-refractivity contribution is 5.99. The van der Waals surface area contributed by atoms with E-state index < -0.39 is 4.92 Å². The number of hydrogen-bond acceptors (Lipinski definition) is 5. The Bertz CT molecular complexity index is 1040. The Kier molecular flexibility index (Phi) is 4.70. The molecule has 1 aromatic heterocycles. The fourth-order valence-corrected chi connectivity index (χ4v) is 2.61. The van der Waals surface area contributed by atoms with E-state index in [9.17, 15) is 14.9 Å². The Morgan fingerprint density at radius 3 is 2.73 bits per heavy atom. The molecular weight excluding hydrogens is 332 g/mol. The first-order valence-corrected chi connectivity index (χ1v) is 7.90. The molecule has 2 aromatic carbocycles. The molecule has 3 aromatic rings. The number of carbonyl (C=O) groups is 1. The van der Waals surface area contributed by atoms with Crippen molar-refractivity contribution in [2.24, 2.45) is 5.10 Å². The van der Waals surface area contributed by atoms with Crippen molar-refractivity contribution >= 4 is 28.7 Å². The second kappa shape index (κ2) is 7.10. The standard InChI is InChI=1S/C19H16N4O3/c1-12-5-3-7-15-10-17(13(2)21-18(12)15)19(24)22-20-11-14-6-4-8-16(9-14)23(25)26/h3-11H,1-2H3,(H,22,24)/b20-11-. The van der Waals surface area contributed by atoms with E-state index in [2.05, 4.69) is 15.5 Å². The van der Waals surface area contributed by atoms with Crippen LogP contribution in [-0.4, -0.2) is 22.0 Å². The molecule has 7 nitrogen and oxygen atoms in total. The van der Waals surface area contributed by atoms with Crippen LogP contribution >= 0.6 is 0 Å².